The molecule has 3 aromatic carbocycles. The lowest BCUT2D eigenvalue weighted by atomic mass is 10.1. The van der Waals surface area contributed by atoms with Gasteiger partial charge in [0.25, 0.3) is 5.89 Å². The van der Waals surface area contributed by atoms with Gasteiger partial charge >= 0.3 is 0 Å². The van der Waals surface area contributed by atoms with E-state index in [2.05, 4.69) is 22.3 Å². The number of hydrogen-bond donors (Lipinski definition) is 0. The van der Waals surface area contributed by atoms with Crippen LogP contribution in [0.2, 0.25) is 0 Å². The van der Waals surface area contributed by atoms with Crippen LogP contribution in [0.15, 0.2) is 71.1 Å². The van der Waals surface area contributed by atoms with Crippen LogP contribution in [0.4, 0.5) is 0 Å². The molecule has 5 nitrogen and oxygen atoms in total. The largest absolute Gasteiger partial charge is 0.497 e. The number of benzene rings is 3. The molecular weight excluding hydrogens is 316 g/mol. The molecule has 0 radical (unpaired) electrons. The highest BCUT2D eigenvalue weighted by Gasteiger charge is 2.10. The number of ether oxygens (including phenoxy) is 2. The summed E-state index contributed by atoms with van der Waals surface area (Å²) in [6.07, 6.45) is 0. The molecule has 1 heterocycles. The van der Waals surface area contributed by atoms with Gasteiger partial charge in [0.15, 0.2) is 6.61 Å². The maximum absolute atomic E-state index is 5.88. The molecule has 0 spiro atoms. The Balaban J connectivity index is 1.53. The number of fused-ring (bicyclic) bond motifs is 1. The van der Waals surface area contributed by atoms with Crippen LogP contribution in [-0.4, -0.2) is 17.3 Å². The van der Waals surface area contributed by atoms with Gasteiger partial charge in [-0.25, -0.2) is 0 Å². The summed E-state index contributed by atoms with van der Waals surface area (Å²) in [5, 5.41) is 10.3. The van der Waals surface area contributed by atoms with Gasteiger partial charge in [0.1, 0.15) is 11.5 Å². The van der Waals surface area contributed by atoms with Crippen LogP contribution in [0.25, 0.3) is 22.2 Å². The second kappa shape index (κ2) is 6.65. The minimum atomic E-state index is 0.213. The third kappa shape index (κ3) is 3.17. The fraction of sp³-hybridized carbons (Fsp3) is 0.100. The second-order valence-electron chi connectivity index (χ2n) is 5.50. The average Bonchev–Trinajstić information content (AvgIpc) is 3.15. The molecule has 0 aliphatic heterocycles. The van der Waals surface area contributed by atoms with E-state index in [1.807, 2.05) is 54.6 Å². The highest BCUT2D eigenvalue weighted by molar-refractivity contribution is 5.88. The van der Waals surface area contributed by atoms with Gasteiger partial charge in [0.05, 0.1) is 7.11 Å². The molecule has 5 heteroatoms. The number of hydrogen-bond acceptors (Lipinski definition) is 5. The van der Waals surface area contributed by atoms with Crippen molar-refractivity contribution in [2.75, 3.05) is 7.11 Å². The molecule has 0 atom stereocenters. The third-order valence-corrected chi connectivity index (χ3v) is 3.88. The summed E-state index contributed by atoms with van der Waals surface area (Å²) in [5.41, 5.74) is 0.809. The van der Waals surface area contributed by atoms with Gasteiger partial charge in [-0.05, 0) is 29.7 Å². The van der Waals surface area contributed by atoms with Gasteiger partial charge in [0, 0.05) is 10.9 Å². The summed E-state index contributed by atoms with van der Waals surface area (Å²) in [5.74, 6) is 2.39. The number of nitrogens with zero attached hydrogens (tertiary/aromatic N) is 2. The van der Waals surface area contributed by atoms with E-state index in [1.54, 1.807) is 7.11 Å². The number of aromatic nitrogens is 2. The quantitative estimate of drug-likeness (QED) is 0.539. The van der Waals surface area contributed by atoms with Crippen molar-refractivity contribution in [3.05, 3.63) is 72.6 Å². The molecule has 0 saturated heterocycles. The van der Waals surface area contributed by atoms with Crippen molar-refractivity contribution in [3.63, 3.8) is 0 Å². The van der Waals surface area contributed by atoms with Crippen molar-refractivity contribution in [2.45, 2.75) is 6.61 Å². The lowest BCUT2D eigenvalue weighted by Gasteiger charge is -2.07. The Labute approximate surface area is 144 Å². The minimum absolute atomic E-state index is 0.213. The summed E-state index contributed by atoms with van der Waals surface area (Å²) in [7, 11) is 1.62. The normalized spacial score (nSPS) is 10.8. The van der Waals surface area contributed by atoms with Crippen molar-refractivity contribution >= 4 is 10.8 Å². The third-order valence-electron chi connectivity index (χ3n) is 3.88. The standard InChI is InChI=1S/C20H16N2O3/c1-23-16-9-4-8-15(12-16)20-22-21-19(25-20)13-24-18-11-5-7-14-6-2-3-10-17(14)18/h2-12H,13H2,1H3. The van der Waals surface area contributed by atoms with Gasteiger partial charge < -0.3 is 13.9 Å². The zero-order chi connectivity index (χ0) is 17.1. The van der Waals surface area contributed by atoms with Crippen molar-refractivity contribution < 1.29 is 13.9 Å². The van der Waals surface area contributed by atoms with Crippen molar-refractivity contribution in [2.24, 2.45) is 0 Å². The van der Waals surface area contributed by atoms with Gasteiger partial charge in [-0.3, -0.25) is 0 Å². The van der Waals surface area contributed by atoms with E-state index < -0.39 is 0 Å². The van der Waals surface area contributed by atoms with Crippen LogP contribution in [-0.2, 0) is 6.61 Å². The van der Waals surface area contributed by atoms with E-state index in [1.165, 1.54) is 0 Å². The van der Waals surface area contributed by atoms with Gasteiger partial charge in [-0.2, -0.15) is 0 Å². The molecule has 4 rings (SSSR count). The highest BCUT2D eigenvalue weighted by atomic mass is 16.5. The van der Waals surface area contributed by atoms with Crippen molar-refractivity contribution in [1.82, 2.24) is 10.2 Å². The second-order valence-corrected chi connectivity index (χ2v) is 5.50. The molecule has 1 aromatic heterocycles. The zero-order valence-electron chi connectivity index (χ0n) is 13.7. The van der Waals surface area contributed by atoms with Crippen LogP contribution in [0.3, 0.4) is 0 Å². The van der Waals surface area contributed by atoms with Crippen LogP contribution < -0.4 is 9.47 Å². The molecule has 0 unspecified atom stereocenters. The molecule has 0 N–H and O–H groups in total. The van der Waals surface area contributed by atoms with Crippen LogP contribution in [0.1, 0.15) is 5.89 Å². The Morgan fingerprint density at radius 3 is 2.68 bits per heavy atom. The summed E-state index contributed by atoms with van der Waals surface area (Å²) >= 11 is 0. The minimum Gasteiger partial charge on any atom is -0.497 e. The van der Waals surface area contributed by atoms with Crippen molar-refractivity contribution in [1.29, 1.82) is 0 Å². The monoisotopic (exact) mass is 332 g/mol. The van der Waals surface area contributed by atoms with E-state index >= 15 is 0 Å². The predicted octanol–water partition coefficient (Wildman–Crippen LogP) is 4.48. The lowest BCUT2D eigenvalue weighted by molar-refractivity contribution is 0.267. The van der Waals surface area contributed by atoms with E-state index in [-0.39, 0.29) is 6.61 Å². The lowest BCUT2D eigenvalue weighted by Crippen LogP contribution is -1.96. The molecule has 25 heavy (non-hydrogen) atoms. The molecule has 0 bridgehead atoms. The van der Waals surface area contributed by atoms with E-state index in [4.69, 9.17) is 13.9 Å². The van der Waals surface area contributed by atoms with Gasteiger partial charge in [0.2, 0.25) is 5.89 Å². The SMILES string of the molecule is COc1cccc(-c2nnc(COc3cccc4ccccc34)o2)c1. The Bertz CT molecular complexity index is 1010. The fourth-order valence-electron chi connectivity index (χ4n) is 2.65. The maximum Gasteiger partial charge on any atom is 0.254 e. The Morgan fingerprint density at radius 2 is 1.76 bits per heavy atom. The first kappa shape index (κ1) is 15.2. The van der Waals surface area contributed by atoms with Crippen LogP contribution in [0, 0.1) is 0 Å². The molecule has 124 valence electrons. The summed E-state index contributed by atoms with van der Waals surface area (Å²) < 4.78 is 16.8. The predicted molar refractivity (Wildman–Crippen MR) is 94.6 cm³/mol. The average molecular weight is 332 g/mol. The fourth-order valence-corrected chi connectivity index (χ4v) is 2.65. The topological polar surface area (TPSA) is 57.4 Å². The Kier molecular flexibility index (Phi) is 4.04. The summed E-state index contributed by atoms with van der Waals surface area (Å²) in [6.45, 7) is 0.213. The molecular formula is C20H16N2O3. The first-order valence-electron chi connectivity index (χ1n) is 7.91. The molecule has 0 aliphatic rings. The van der Waals surface area contributed by atoms with Gasteiger partial charge in [-0.15, -0.1) is 10.2 Å². The van der Waals surface area contributed by atoms with Crippen molar-refractivity contribution in [3.8, 4) is 23.0 Å². The molecule has 0 saturated carbocycles. The first-order chi connectivity index (χ1) is 12.3. The summed E-state index contributed by atoms with van der Waals surface area (Å²) in [4.78, 5) is 0. The Morgan fingerprint density at radius 1 is 0.920 bits per heavy atom. The van der Waals surface area contributed by atoms with Gasteiger partial charge in [-0.1, -0.05) is 42.5 Å². The molecule has 0 aliphatic carbocycles. The van der Waals surface area contributed by atoms with Crippen LogP contribution in [0.5, 0.6) is 11.5 Å². The van der Waals surface area contributed by atoms with E-state index in [0.29, 0.717) is 11.8 Å². The van der Waals surface area contributed by atoms with E-state index in [0.717, 1.165) is 27.8 Å². The Hall–Kier alpha value is -3.34. The number of methoxy groups -OCH3 is 1. The summed E-state index contributed by atoms with van der Waals surface area (Å²) in [6, 6.07) is 21.5. The van der Waals surface area contributed by atoms with Crippen LogP contribution >= 0.6 is 0 Å². The molecule has 0 fully saturated rings. The maximum atomic E-state index is 5.88. The molecule has 4 aromatic rings. The zero-order valence-corrected chi connectivity index (χ0v) is 13.7. The number of rotatable bonds is 5. The molecule has 0 amide bonds. The first-order valence-corrected chi connectivity index (χ1v) is 7.91. The van der Waals surface area contributed by atoms with E-state index in [9.17, 15) is 0 Å². The highest BCUT2D eigenvalue weighted by Crippen LogP contribution is 2.27. The smallest absolute Gasteiger partial charge is 0.254 e.